The fourth-order valence-electron chi connectivity index (χ4n) is 3.50. The van der Waals surface area contributed by atoms with Crippen molar-refractivity contribution < 1.29 is 4.52 Å². The van der Waals surface area contributed by atoms with Crippen LogP contribution in [0.2, 0.25) is 0 Å². The molecule has 3 aromatic rings. The average Bonchev–Trinajstić information content (AvgIpc) is 3.15. The van der Waals surface area contributed by atoms with Crippen molar-refractivity contribution in [1.82, 2.24) is 20.0 Å². The molecule has 6 heteroatoms. The standard InChI is InChI=1S/C20H25N5O/c1-3-15-13-18(16-7-5-6-8-17(16)21-15)25-11-9-24(10-12-25)14-19-22-20(4-2)26-23-19/h5-8,13H,3-4,9-12,14H2,1-2H3. The summed E-state index contributed by atoms with van der Waals surface area (Å²) in [5, 5.41) is 5.31. The molecule has 1 fully saturated rings. The molecule has 1 aromatic carbocycles. The highest BCUT2D eigenvalue weighted by atomic mass is 16.5. The highest BCUT2D eigenvalue weighted by Gasteiger charge is 2.21. The van der Waals surface area contributed by atoms with Crippen molar-refractivity contribution >= 4 is 16.6 Å². The Morgan fingerprint density at radius 1 is 1.00 bits per heavy atom. The fraction of sp³-hybridized carbons (Fsp3) is 0.450. The summed E-state index contributed by atoms with van der Waals surface area (Å²) in [6.45, 7) is 8.93. The van der Waals surface area contributed by atoms with Gasteiger partial charge in [-0.2, -0.15) is 4.98 Å². The highest BCUT2D eigenvalue weighted by Crippen LogP contribution is 2.28. The number of pyridine rings is 1. The van der Waals surface area contributed by atoms with E-state index >= 15 is 0 Å². The first-order valence-corrected chi connectivity index (χ1v) is 9.44. The van der Waals surface area contributed by atoms with Crippen LogP contribution < -0.4 is 4.90 Å². The minimum Gasteiger partial charge on any atom is -0.368 e. The summed E-state index contributed by atoms with van der Waals surface area (Å²) in [4.78, 5) is 14.1. The Hall–Kier alpha value is -2.47. The van der Waals surface area contributed by atoms with Gasteiger partial charge in [-0.25, -0.2) is 0 Å². The van der Waals surface area contributed by atoms with E-state index in [1.54, 1.807) is 0 Å². The summed E-state index contributed by atoms with van der Waals surface area (Å²) in [5.74, 6) is 1.51. The first-order valence-electron chi connectivity index (χ1n) is 9.44. The third-order valence-electron chi connectivity index (χ3n) is 5.00. The van der Waals surface area contributed by atoms with Gasteiger partial charge in [0.1, 0.15) is 0 Å². The van der Waals surface area contributed by atoms with E-state index in [0.717, 1.165) is 62.6 Å². The van der Waals surface area contributed by atoms with E-state index in [2.05, 4.69) is 57.2 Å². The maximum Gasteiger partial charge on any atom is 0.226 e. The zero-order valence-electron chi connectivity index (χ0n) is 15.5. The molecule has 1 aliphatic heterocycles. The van der Waals surface area contributed by atoms with E-state index in [0.29, 0.717) is 5.89 Å². The fourth-order valence-corrected chi connectivity index (χ4v) is 3.50. The van der Waals surface area contributed by atoms with E-state index in [1.807, 2.05) is 6.92 Å². The van der Waals surface area contributed by atoms with Crippen molar-refractivity contribution in [2.45, 2.75) is 33.2 Å². The second-order valence-electron chi connectivity index (χ2n) is 6.72. The number of hydrogen-bond acceptors (Lipinski definition) is 6. The molecule has 2 aromatic heterocycles. The van der Waals surface area contributed by atoms with Gasteiger partial charge in [-0.05, 0) is 18.6 Å². The van der Waals surface area contributed by atoms with Gasteiger partial charge in [0, 0.05) is 49.4 Å². The molecule has 0 atom stereocenters. The zero-order valence-corrected chi connectivity index (χ0v) is 15.5. The second kappa shape index (κ2) is 7.41. The van der Waals surface area contributed by atoms with Crippen LogP contribution in [-0.4, -0.2) is 46.2 Å². The molecule has 0 N–H and O–H groups in total. The molecule has 6 nitrogen and oxygen atoms in total. The molecule has 1 aliphatic rings. The van der Waals surface area contributed by atoms with Crippen LogP contribution in [0.5, 0.6) is 0 Å². The number of benzene rings is 1. The molecule has 0 aliphatic carbocycles. The number of fused-ring (bicyclic) bond motifs is 1. The van der Waals surface area contributed by atoms with Crippen LogP contribution in [0.1, 0.15) is 31.3 Å². The van der Waals surface area contributed by atoms with Gasteiger partial charge >= 0.3 is 0 Å². The Kier molecular flexibility index (Phi) is 4.84. The minimum absolute atomic E-state index is 0.717. The molecule has 4 rings (SSSR count). The van der Waals surface area contributed by atoms with Crippen LogP contribution in [0.3, 0.4) is 0 Å². The monoisotopic (exact) mass is 351 g/mol. The molecule has 0 spiro atoms. The van der Waals surface area contributed by atoms with E-state index < -0.39 is 0 Å². The quantitative estimate of drug-likeness (QED) is 0.704. The highest BCUT2D eigenvalue weighted by molar-refractivity contribution is 5.92. The van der Waals surface area contributed by atoms with Gasteiger partial charge in [0.05, 0.1) is 12.1 Å². The van der Waals surface area contributed by atoms with Gasteiger partial charge < -0.3 is 9.42 Å². The first kappa shape index (κ1) is 17.0. The van der Waals surface area contributed by atoms with Gasteiger partial charge in [-0.15, -0.1) is 0 Å². The Balaban J connectivity index is 1.48. The smallest absolute Gasteiger partial charge is 0.226 e. The maximum atomic E-state index is 5.21. The zero-order chi connectivity index (χ0) is 17.9. The lowest BCUT2D eigenvalue weighted by Gasteiger charge is -2.36. The Labute approximate surface area is 153 Å². The largest absolute Gasteiger partial charge is 0.368 e. The summed E-state index contributed by atoms with van der Waals surface area (Å²) in [7, 11) is 0. The van der Waals surface area contributed by atoms with Crippen LogP contribution >= 0.6 is 0 Å². The van der Waals surface area contributed by atoms with Gasteiger partial charge in [0.25, 0.3) is 0 Å². The number of hydrogen-bond donors (Lipinski definition) is 0. The molecular weight excluding hydrogens is 326 g/mol. The maximum absolute atomic E-state index is 5.21. The summed E-state index contributed by atoms with van der Waals surface area (Å²) in [5.41, 5.74) is 3.54. The van der Waals surface area contributed by atoms with E-state index in [4.69, 9.17) is 9.51 Å². The van der Waals surface area contributed by atoms with Gasteiger partial charge in [0.2, 0.25) is 5.89 Å². The average molecular weight is 351 g/mol. The lowest BCUT2D eigenvalue weighted by atomic mass is 10.1. The van der Waals surface area contributed by atoms with Crippen molar-refractivity contribution in [2.24, 2.45) is 0 Å². The van der Waals surface area contributed by atoms with Crippen molar-refractivity contribution in [3.63, 3.8) is 0 Å². The van der Waals surface area contributed by atoms with Crippen LogP contribution in [0.15, 0.2) is 34.9 Å². The van der Waals surface area contributed by atoms with Gasteiger partial charge in [-0.1, -0.05) is 37.2 Å². The topological polar surface area (TPSA) is 58.3 Å². The molecule has 0 unspecified atom stereocenters. The molecule has 0 saturated carbocycles. The molecule has 1 saturated heterocycles. The number of rotatable bonds is 5. The van der Waals surface area contributed by atoms with Crippen LogP contribution in [-0.2, 0) is 19.4 Å². The van der Waals surface area contributed by atoms with Crippen molar-refractivity contribution in [3.8, 4) is 0 Å². The summed E-state index contributed by atoms with van der Waals surface area (Å²) in [6, 6.07) is 10.7. The van der Waals surface area contributed by atoms with E-state index in [1.165, 1.54) is 11.1 Å². The SMILES string of the molecule is CCc1cc(N2CCN(Cc3noc(CC)n3)CC2)c2ccccc2n1. The summed E-state index contributed by atoms with van der Waals surface area (Å²) in [6.07, 6.45) is 1.74. The number of anilines is 1. The molecular formula is C20H25N5O. The lowest BCUT2D eigenvalue weighted by molar-refractivity contribution is 0.240. The summed E-state index contributed by atoms with van der Waals surface area (Å²) < 4.78 is 5.21. The predicted octanol–water partition coefficient (Wildman–Crippen LogP) is 3.06. The third-order valence-corrected chi connectivity index (χ3v) is 5.00. The predicted molar refractivity (Wildman–Crippen MR) is 102 cm³/mol. The summed E-state index contributed by atoms with van der Waals surface area (Å²) >= 11 is 0. The molecule has 136 valence electrons. The van der Waals surface area contributed by atoms with Gasteiger partial charge in [0.15, 0.2) is 5.82 Å². The third kappa shape index (κ3) is 3.42. The van der Waals surface area contributed by atoms with Crippen molar-refractivity contribution in [3.05, 3.63) is 47.7 Å². The number of piperazine rings is 1. The lowest BCUT2D eigenvalue weighted by Crippen LogP contribution is -2.46. The number of para-hydroxylation sites is 1. The molecule has 3 heterocycles. The molecule has 0 radical (unpaired) electrons. The van der Waals surface area contributed by atoms with Gasteiger partial charge in [-0.3, -0.25) is 9.88 Å². The molecule has 0 amide bonds. The van der Waals surface area contributed by atoms with Crippen molar-refractivity contribution in [2.75, 3.05) is 31.1 Å². The van der Waals surface area contributed by atoms with Crippen LogP contribution in [0.4, 0.5) is 5.69 Å². The van der Waals surface area contributed by atoms with Crippen LogP contribution in [0.25, 0.3) is 10.9 Å². The Morgan fingerprint density at radius 2 is 1.81 bits per heavy atom. The van der Waals surface area contributed by atoms with Crippen molar-refractivity contribution in [1.29, 1.82) is 0 Å². The van der Waals surface area contributed by atoms with E-state index in [9.17, 15) is 0 Å². The molecule has 26 heavy (non-hydrogen) atoms. The number of nitrogens with zero attached hydrogens (tertiary/aromatic N) is 5. The Morgan fingerprint density at radius 3 is 2.54 bits per heavy atom. The number of aromatic nitrogens is 3. The minimum atomic E-state index is 0.717. The molecule has 0 bridgehead atoms. The first-order chi connectivity index (χ1) is 12.8. The Bertz CT molecular complexity index is 883. The normalized spacial score (nSPS) is 15.7. The second-order valence-corrected chi connectivity index (χ2v) is 6.72. The van der Waals surface area contributed by atoms with E-state index in [-0.39, 0.29) is 0 Å². The number of aryl methyl sites for hydroxylation is 2. The van der Waals surface area contributed by atoms with Crippen LogP contribution in [0, 0.1) is 0 Å².